The summed E-state index contributed by atoms with van der Waals surface area (Å²) in [6, 6.07) is 9.37. The molecule has 0 saturated heterocycles. The Morgan fingerprint density at radius 1 is 1.03 bits per heavy atom. The number of carbonyl (C=O) groups excluding carboxylic acids is 2. The van der Waals surface area contributed by atoms with Gasteiger partial charge in [-0.25, -0.2) is 0 Å². The van der Waals surface area contributed by atoms with Crippen LogP contribution in [0.4, 0.5) is 0 Å². The van der Waals surface area contributed by atoms with Crippen LogP contribution in [-0.2, 0) is 16.1 Å². The number of hydrogen-bond donors (Lipinski definition) is 1. The molecule has 32 heavy (non-hydrogen) atoms. The van der Waals surface area contributed by atoms with E-state index in [1.54, 1.807) is 14.2 Å². The van der Waals surface area contributed by atoms with E-state index < -0.39 is 5.60 Å². The highest BCUT2D eigenvalue weighted by Gasteiger charge is 2.48. The van der Waals surface area contributed by atoms with Gasteiger partial charge >= 0.3 is 5.97 Å². The molecule has 1 fully saturated rings. The highest BCUT2D eigenvalue weighted by molar-refractivity contribution is 6.01. The molecule has 7 heteroatoms. The van der Waals surface area contributed by atoms with Gasteiger partial charge in [0.1, 0.15) is 12.2 Å². The maximum Gasteiger partial charge on any atom is 0.306 e. The zero-order chi connectivity index (χ0) is 22.7. The van der Waals surface area contributed by atoms with E-state index in [0.29, 0.717) is 35.8 Å². The van der Waals surface area contributed by atoms with E-state index in [1.807, 2.05) is 37.3 Å². The first kappa shape index (κ1) is 22.0. The third-order valence-corrected chi connectivity index (χ3v) is 5.99. The van der Waals surface area contributed by atoms with Crippen LogP contribution in [0.3, 0.4) is 0 Å². The zero-order valence-electron chi connectivity index (χ0n) is 18.8. The lowest BCUT2D eigenvalue weighted by Crippen LogP contribution is -2.27. The van der Waals surface area contributed by atoms with Crippen LogP contribution in [0.25, 0.3) is 11.1 Å². The second kappa shape index (κ2) is 9.10. The Morgan fingerprint density at radius 3 is 2.50 bits per heavy atom. The number of hydrogen-bond acceptors (Lipinski definition) is 6. The molecule has 0 aromatic heterocycles. The number of esters is 1. The summed E-state index contributed by atoms with van der Waals surface area (Å²) in [6.07, 6.45) is 3.72. The van der Waals surface area contributed by atoms with Crippen molar-refractivity contribution in [2.75, 3.05) is 20.8 Å². The lowest BCUT2D eigenvalue weighted by atomic mass is 9.95. The molecule has 2 aromatic carbocycles. The van der Waals surface area contributed by atoms with Gasteiger partial charge < -0.3 is 24.3 Å². The molecule has 1 aliphatic heterocycles. The fraction of sp³-hybridized carbons (Fsp3) is 0.440. The monoisotopic (exact) mass is 439 g/mol. The third kappa shape index (κ3) is 4.24. The summed E-state index contributed by atoms with van der Waals surface area (Å²) < 4.78 is 23.2. The molecule has 1 heterocycles. The van der Waals surface area contributed by atoms with Crippen LogP contribution in [0.15, 0.2) is 30.3 Å². The van der Waals surface area contributed by atoms with Gasteiger partial charge in [0.05, 0.1) is 14.2 Å². The van der Waals surface area contributed by atoms with Crippen molar-refractivity contribution in [1.82, 2.24) is 5.32 Å². The molecule has 0 bridgehead atoms. The van der Waals surface area contributed by atoms with Crippen molar-refractivity contribution >= 4 is 11.9 Å². The molecular weight excluding hydrogens is 410 g/mol. The van der Waals surface area contributed by atoms with Gasteiger partial charge in [-0.2, -0.15) is 0 Å². The van der Waals surface area contributed by atoms with Gasteiger partial charge in [0.25, 0.3) is 5.91 Å². The van der Waals surface area contributed by atoms with E-state index in [0.717, 1.165) is 42.4 Å². The molecule has 4 rings (SSSR count). The van der Waals surface area contributed by atoms with Crippen molar-refractivity contribution in [3.63, 3.8) is 0 Å². The molecule has 1 N–H and O–H groups in total. The van der Waals surface area contributed by atoms with E-state index in [-0.39, 0.29) is 18.5 Å². The van der Waals surface area contributed by atoms with Crippen LogP contribution >= 0.6 is 0 Å². The molecule has 0 spiro atoms. The first-order chi connectivity index (χ1) is 15.5. The van der Waals surface area contributed by atoms with Crippen molar-refractivity contribution in [2.24, 2.45) is 0 Å². The van der Waals surface area contributed by atoms with E-state index in [4.69, 9.17) is 18.9 Å². The summed E-state index contributed by atoms with van der Waals surface area (Å²) in [6.45, 7) is 2.73. The van der Waals surface area contributed by atoms with Gasteiger partial charge in [-0.3, -0.25) is 9.59 Å². The topological polar surface area (TPSA) is 83.1 Å². The van der Waals surface area contributed by atoms with Crippen LogP contribution in [0.5, 0.6) is 17.2 Å². The summed E-state index contributed by atoms with van der Waals surface area (Å²) >= 11 is 0. The fourth-order valence-electron chi connectivity index (χ4n) is 3.99. The standard InChI is InChI=1S/C25H29NO6/c1-4-5-9-21(27)32-25(12-13-25)15-31-22-17(10-11-20(29-2)23(22)30-3)16-7-6-8-18-19(16)14-26-24(18)28/h6-8,10-11H,4-5,9,12-15H2,1-3H3,(H,26,28). The van der Waals surface area contributed by atoms with Crippen molar-refractivity contribution in [3.05, 3.63) is 41.5 Å². The summed E-state index contributed by atoms with van der Waals surface area (Å²) in [4.78, 5) is 24.3. The third-order valence-electron chi connectivity index (χ3n) is 5.99. The van der Waals surface area contributed by atoms with E-state index in [9.17, 15) is 9.59 Å². The van der Waals surface area contributed by atoms with Gasteiger partial charge in [0.2, 0.25) is 5.75 Å². The minimum Gasteiger partial charge on any atom is -0.493 e. The Bertz CT molecular complexity index is 1030. The smallest absolute Gasteiger partial charge is 0.306 e. The van der Waals surface area contributed by atoms with Crippen molar-refractivity contribution in [1.29, 1.82) is 0 Å². The highest BCUT2D eigenvalue weighted by Crippen LogP contribution is 2.48. The Kier molecular flexibility index (Phi) is 6.26. The molecule has 2 aromatic rings. The first-order valence-electron chi connectivity index (χ1n) is 11.0. The molecule has 1 aliphatic carbocycles. The number of benzene rings is 2. The number of unbranched alkanes of at least 4 members (excludes halogenated alkanes) is 1. The average Bonchev–Trinajstić information content (AvgIpc) is 3.47. The van der Waals surface area contributed by atoms with Crippen molar-refractivity contribution < 1.29 is 28.5 Å². The maximum absolute atomic E-state index is 12.2. The summed E-state index contributed by atoms with van der Waals surface area (Å²) in [7, 11) is 3.13. The average molecular weight is 440 g/mol. The van der Waals surface area contributed by atoms with E-state index in [2.05, 4.69) is 5.32 Å². The quantitative estimate of drug-likeness (QED) is 0.557. The van der Waals surface area contributed by atoms with Gasteiger partial charge in [0.15, 0.2) is 11.5 Å². The molecule has 170 valence electrons. The summed E-state index contributed by atoms with van der Waals surface area (Å²) in [5.74, 6) is 1.25. The number of carbonyl (C=O) groups is 2. The summed E-state index contributed by atoms with van der Waals surface area (Å²) in [5.41, 5.74) is 2.67. The Labute approximate surface area is 188 Å². The van der Waals surface area contributed by atoms with Gasteiger partial charge in [-0.15, -0.1) is 0 Å². The lowest BCUT2D eigenvalue weighted by Gasteiger charge is -2.22. The Balaban J connectivity index is 1.66. The fourth-order valence-corrected chi connectivity index (χ4v) is 3.99. The maximum atomic E-state index is 12.2. The van der Waals surface area contributed by atoms with Crippen LogP contribution < -0.4 is 19.5 Å². The summed E-state index contributed by atoms with van der Waals surface area (Å²) in [5, 5.41) is 2.88. The zero-order valence-corrected chi connectivity index (χ0v) is 18.8. The SMILES string of the molecule is CCCCC(=O)OC1(COc2c(-c3cccc4c3CNC4=O)ccc(OC)c2OC)CC1. The van der Waals surface area contributed by atoms with Gasteiger partial charge in [-0.1, -0.05) is 25.5 Å². The molecule has 1 saturated carbocycles. The molecule has 0 unspecified atom stereocenters. The van der Waals surface area contributed by atoms with Crippen molar-refractivity contribution in [3.8, 4) is 28.4 Å². The highest BCUT2D eigenvalue weighted by atomic mass is 16.6. The number of ether oxygens (including phenoxy) is 4. The normalized spacial score (nSPS) is 15.5. The van der Waals surface area contributed by atoms with E-state index >= 15 is 0 Å². The first-order valence-corrected chi connectivity index (χ1v) is 11.0. The van der Waals surface area contributed by atoms with Crippen LogP contribution in [-0.4, -0.2) is 38.3 Å². The van der Waals surface area contributed by atoms with Crippen LogP contribution in [0.2, 0.25) is 0 Å². The van der Waals surface area contributed by atoms with Crippen LogP contribution in [0.1, 0.15) is 54.9 Å². The molecule has 1 amide bonds. The second-order valence-corrected chi connectivity index (χ2v) is 8.24. The minimum absolute atomic E-state index is 0.0827. The Hall–Kier alpha value is -3.22. The van der Waals surface area contributed by atoms with Crippen molar-refractivity contribution in [2.45, 2.75) is 51.2 Å². The van der Waals surface area contributed by atoms with Gasteiger partial charge in [-0.05, 0) is 48.6 Å². The largest absolute Gasteiger partial charge is 0.493 e. The second-order valence-electron chi connectivity index (χ2n) is 8.24. The molecule has 0 atom stereocenters. The number of fused-ring (bicyclic) bond motifs is 1. The molecule has 2 aliphatic rings. The van der Waals surface area contributed by atoms with Gasteiger partial charge in [0, 0.05) is 24.1 Å². The molecular formula is C25H29NO6. The minimum atomic E-state index is -0.591. The van der Waals surface area contributed by atoms with E-state index in [1.165, 1.54) is 0 Å². The lowest BCUT2D eigenvalue weighted by molar-refractivity contribution is -0.153. The number of rotatable bonds is 10. The van der Waals surface area contributed by atoms with Crippen LogP contribution in [0, 0.1) is 0 Å². The number of nitrogens with one attached hydrogen (secondary N) is 1. The molecule has 7 nitrogen and oxygen atoms in total. The predicted molar refractivity (Wildman–Crippen MR) is 119 cm³/mol. The predicted octanol–water partition coefficient (Wildman–Crippen LogP) is 4.26. The number of amides is 1. The number of methoxy groups -OCH3 is 2. The molecule has 0 radical (unpaired) electrons. The Morgan fingerprint density at radius 2 is 1.81 bits per heavy atom.